The lowest BCUT2D eigenvalue weighted by molar-refractivity contribution is 0.324. The number of nitrogens with zero attached hydrogens (tertiary/aromatic N) is 1. The number of sulfonamides is 1. The quantitative estimate of drug-likeness (QED) is 0.906. The molecule has 0 aliphatic heterocycles. The summed E-state index contributed by atoms with van der Waals surface area (Å²) < 4.78 is 26.9. The van der Waals surface area contributed by atoms with Gasteiger partial charge in [0.05, 0.1) is 11.8 Å². The van der Waals surface area contributed by atoms with Crippen LogP contribution in [0.2, 0.25) is 0 Å². The molecule has 1 aliphatic carbocycles. The summed E-state index contributed by atoms with van der Waals surface area (Å²) in [4.78, 5) is 0. The first-order valence-electron chi connectivity index (χ1n) is 7.04. The first-order valence-corrected chi connectivity index (χ1v) is 8.69. The summed E-state index contributed by atoms with van der Waals surface area (Å²) in [7, 11) is -3.47. The zero-order valence-electron chi connectivity index (χ0n) is 11.5. The molecule has 0 spiro atoms. The third kappa shape index (κ3) is 4.32. The van der Waals surface area contributed by atoms with Crippen molar-refractivity contribution in [1.82, 2.24) is 4.72 Å². The Morgan fingerprint density at radius 1 is 1.20 bits per heavy atom. The van der Waals surface area contributed by atoms with E-state index in [4.69, 9.17) is 0 Å². The Hall–Kier alpha value is -1.38. The summed E-state index contributed by atoms with van der Waals surface area (Å²) >= 11 is 0. The van der Waals surface area contributed by atoms with E-state index in [0.717, 1.165) is 31.2 Å². The van der Waals surface area contributed by atoms with Gasteiger partial charge in [-0.25, -0.2) is 8.42 Å². The van der Waals surface area contributed by atoms with Crippen LogP contribution in [0.25, 0.3) is 0 Å². The van der Waals surface area contributed by atoms with E-state index in [1.807, 2.05) is 18.2 Å². The predicted octanol–water partition coefficient (Wildman–Crippen LogP) is 2.58. The van der Waals surface area contributed by atoms with Crippen molar-refractivity contribution >= 4 is 10.0 Å². The molecule has 1 N–H and O–H groups in total. The summed E-state index contributed by atoms with van der Waals surface area (Å²) in [5, 5.41) is 9.23. The molecule has 0 amide bonds. The van der Waals surface area contributed by atoms with Gasteiger partial charge in [-0.15, -0.1) is 0 Å². The van der Waals surface area contributed by atoms with Crippen molar-refractivity contribution < 1.29 is 8.42 Å². The van der Waals surface area contributed by atoms with Crippen LogP contribution in [0.5, 0.6) is 0 Å². The minimum atomic E-state index is -3.47. The normalized spacial score (nSPS) is 18.4. The second-order valence-corrected chi connectivity index (χ2v) is 7.12. The molecule has 4 nitrogen and oxygen atoms in total. The lowest BCUT2D eigenvalue weighted by atomic mass is 9.85. The summed E-state index contributed by atoms with van der Waals surface area (Å²) in [5.74, 6) is 0.0814. The van der Waals surface area contributed by atoms with Gasteiger partial charge in [0.25, 0.3) is 0 Å². The molecule has 1 aliphatic rings. The SMILES string of the molecule is N#CC(NS(=O)(=O)Cc1ccccc1)C1CCCCC1. The third-order valence-electron chi connectivity index (χ3n) is 3.77. The number of nitriles is 1. The first kappa shape index (κ1) is 15.0. The van der Waals surface area contributed by atoms with E-state index >= 15 is 0 Å². The summed E-state index contributed by atoms with van der Waals surface area (Å²) in [6.45, 7) is 0. The number of rotatable bonds is 5. The fraction of sp³-hybridized carbons (Fsp3) is 0.533. The van der Waals surface area contributed by atoms with E-state index in [9.17, 15) is 13.7 Å². The third-order valence-corrected chi connectivity index (χ3v) is 5.09. The van der Waals surface area contributed by atoms with E-state index < -0.39 is 16.1 Å². The highest BCUT2D eigenvalue weighted by molar-refractivity contribution is 7.88. The summed E-state index contributed by atoms with van der Waals surface area (Å²) in [6.07, 6.45) is 5.23. The lowest BCUT2D eigenvalue weighted by Gasteiger charge is -2.26. The highest BCUT2D eigenvalue weighted by Crippen LogP contribution is 2.26. The maximum Gasteiger partial charge on any atom is 0.216 e. The molecule has 1 aromatic carbocycles. The van der Waals surface area contributed by atoms with Crippen molar-refractivity contribution in [1.29, 1.82) is 5.26 Å². The number of benzene rings is 1. The van der Waals surface area contributed by atoms with E-state index in [-0.39, 0.29) is 11.7 Å². The second-order valence-electron chi connectivity index (χ2n) is 5.37. The average molecular weight is 292 g/mol. The maximum absolute atomic E-state index is 12.1. The molecule has 1 saturated carbocycles. The molecule has 20 heavy (non-hydrogen) atoms. The lowest BCUT2D eigenvalue weighted by Crippen LogP contribution is -2.40. The number of nitrogens with one attached hydrogen (secondary N) is 1. The Kier molecular flexibility index (Phi) is 5.16. The molecule has 1 atom stereocenters. The van der Waals surface area contributed by atoms with E-state index in [0.29, 0.717) is 0 Å². The van der Waals surface area contributed by atoms with Crippen molar-refractivity contribution in [3.8, 4) is 6.07 Å². The van der Waals surface area contributed by atoms with Gasteiger partial charge in [0.2, 0.25) is 10.0 Å². The van der Waals surface area contributed by atoms with Gasteiger partial charge < -0.3 is 0 Å². The van der Waals surface area contributed by atoms with Crippen LogP contribution in [-0.4, -0.2) is 14.5 Å². The Morgan fingerprint density at radius 3 is 2.45 bits per heavy atom. The van der Waals surface area contributed by atoms with Crippen LogP contribution in [0.1, 0.15) is 37.7 Å². The molecular formula is C15H20N2O2S. The molecule has 0 aromatic heterocycles. The average Bonchev–Trinajstić information content (AvgIpc) is 2.46. The van der Waals surface area contributed by atoms with Crippen molar-refractivity contribution in [3.63, 3.8) is 0 Å². The molecule has 1 fully saturated rings. The van der Waals surface area contributed by atoms with Crippen LogP contribution in [-0.2, 0) is 15.8 Å². The Balaban J connectivity index is 2.00. The molecule has 5 heteroatoms. The van der Waals surface area contributed by atoms with Crippen molar-refractivity contribution in [2.45, 2.75) is 43.9 Å². The molecule has 0 heterocycles. The van der Waals surface area contributed by atoms with Crippen molar-refractivity contribution in [3.05, 3.63) is 35.9 Å². The second kappa shape index (κ2) is 6.87. The predicted molar refractivity (Wildman–Crippen MR) is 78.2 cm³/mol. The van der Waals surface area contributed by atoms with Gasteiger partial charge in [-0.05, 0) is 24.3 Å². The maximum atomic E-state index is 12.1. The van der Waals surface area contributed by atoms with Gasteiger partial charge in [0, 0.05) is 0 Å². The smallest absolute Gasteiger partial charge is 0.212 e. The van der Waals surface area contributed by atoms with Crippen molar-refractivity contribution in [2.75, 3.05) is 0 Å². The van der Waals surface area contributed by atoms with E-state index in [2.05, 4.69) is 10.8 Å². The highest BCUT2D eigenvalue weighted by atomic mass is 32.2. The van der Waals surface area contributed by atoms with Crippen molar-refractivity contribution in [2.24, 2.45) is 5.92 Å². The Morgan fingerprint density at radius 2 is 1.85 bits per heavy atom. The van der Waals surface area contributed by atoms with Crippen LogP contribution in [0.4, 0.5) is 0 Å². The van der Waals surface area contributed by atoms with Crippen LogP contribution < -0.4 is 4.72 Å². The van der Waals surface area contributed by atoms with E-state index in [1.165, 1.54) is 6.42 Å². The molecule has 108 valence electrons. The summed E-state index contributed by atoms with van der Waals surface area (Å²) in [6, 6.07) is 10.6. The molecule has 0 radical (unpaired) electrons. The Bertz CT molecular complexity index is 557. The van der Waals surface area contributed by atoms with Gasteiger partial charge >= 0.3 is 0 Å². The molecule has 0 saturated heterocycles. The standard InChI is InChI=1S/C15H20N2O2S/c16-11-15(14-9-5-2-6-10-14)17-20(18,19)12-13-7-3-1-4-8-13/h1,3-4,7-8,14-15,17H,2,5-6,9-10,12H2. The van der Waals surface area contributed by atoms with Gasteiger partial charge in [0.15, 0.2) is 0 Å². The topological polar surface area (TPSA) is 70.0 Å². The fourth-order valence-electron chi connectivity index (χ4n) is 2.72. The molecule has 1 aromatic rings. The molecule has 0 bridgehead atoms. The molecular weight excluding hydrogens is 272 g/mol. The largest absolute Gasteiger partial charge is 0.216 e. The highest BCUT2D eigenvalue weighted by Gasteiger charge is 2.27. The van der Waals surface area contributed by atoms with Crippen LogP contribution in [0.15, 0.2) is 30.3 Å². The molecule has 2 rings (SSSR count). The zero-order chi connectivity index (χ0) is 14.4. The zero-order valence-corrected chi connectivity index (χ0v) is 12.3. The van der Waals surface area contributed by atoms with Crippen LogP contribution in [0, 0.1) is 17.2 Å². The van der Waals surface area contributed by atoms with Gasteiger partial charge in [-0.2, -0.15) is 9.98 Å². The summed E-state index contributed by atoms with van der Waals surface area (Å²) in [5.41, 5.74) is 0.736. The van der Waals surface area contributed by atoms with Gasteiger partial charge in [-0.3, -0.25) is 0 Å². The van der Waals surface area contributed by atoms with Crippen LogP contribution >= 0.6 is 0 Å². The minimum Gasteiger partial charge on any atom is -0.212 e. The monoisotopic (exact) mass is 292 g/mol. The van der Waals surface area contributed by atoms with E-state index in [1.54, 1.807) is 12.1 Å². The number of hydrogen-bond acceptors (Lipinski definition) is 3. The van der Waals surface area contributed by atoms with Crippen LogP contribution in [0.3, 0.4) is 0 Å². The van der Waals surface area contributed by atoms with Gasteiger partial charge in [-0.1, -0.05) is 49.6 Å². The number of hydrogen-bond donors (Lipinski definition) is 1. The Labute approximate surface area is 120 Å². The molecule has 1 unspecified atom stereocenters. The first-order chi connectivity index (χ1) is 9.61. The van der Waals surface area contributed by atoms with Gasteiger partial charge in [0.1, 0.15) is 6.04 Å². The minimum absolute atomic E-state index is 0.0707. The fourth-order valence-corrected chi connectivity index (χ4v) is 4.07.